The Labute approximate surface area is 142 Å². The van der Waals surface area contributed by atoms with E-state index in [4.69, 9.17) is 0 Å². The van der Waals surface area contributed by atoms with Gasteiger partial charge in [-0.2, -0.15) is 0 Å². The third kappa shape index (κ3) is 3.66. The first-order chi connectivity index (χ1) is 11.4. The summed E-state index contributed by atoms with van der Waals surface area (Å²) in [6.45, 7) is 3.69. The molecule has 0 atom stereocenters. The molecule has 1 aliphatic carbocycles. The van der Waals surface area contributed by atoms with E-state index in [0.29, 0.717) is 11.3 Å². The lowest BCUT2D eigenvalue weighted by atomic mass is 10.1. The fourth-order valence-electron chi connectivity index (χ4n) is 2.40. The van der Waals surface area contributed by atoms with Crippen LogP contribution in [0.4, 0.5) is 5.69 Å². The Kier molecular flexibility index (Phi) is 4.43. The van der Waals surface area contributed by atoms with Gasteiger partial charge in [-0.05, 0) is 56.0 Å². The van der Waals surface area contributed by atoms with E-state index in [9.17, 15) is 13.2 Å². The van der Waals surface area contributed by atoms with Gasteiger partial charge in [0.15, 0.2) is 0 Å². The average Bonchev–Trinajstić information content (AvgIpc) is 3.33. The van der Waals surface area contributed by atoms with Crippen molar-refractivity contribution in [1.29, 1.82) is 0 Å². The first kappa shape index (κ1) is 16.7. The van der Waals surface area contributed by atoms with Crippen molar-refractivity contribution in [2.24, 2.45) is 0 Å². The first-order valence-corrected chi connectivity index (χ1v) is 9.35. The molecule has 24 heavy (non-hydrogen) atoms. The van der Waals surface area contributed by atoms with Crippen LogP contribution in [0.3, 0.4) is 0 Å². The van der Waals surface area contributed by atoms with Gasteiger partial charge >= 0.3 is 0 Å². The highest BCUT2D eigenvalue weighted by Gasteiger charge is 2.28. The van der Waals surface area contributed by atoms with Crippen molar-refractivity contribution in [3.8, 4) is 0 Å². The van der Waals surface area contributed by atoms with Gasteiger partial charge in [0.2, 0.25) is 10.0 Å². The molecular weight excluding hydrogens is 324 g/mol. The van der Waals surface area contributed by atoms with Crippen LogP contribution in [-0.4, -0.2) is 20.4 Å². The van der Waals surface area contributed by atoms with Crippen LogP contribution < -0.4 is 10.0 Å². The topological polar surface area (TPSA) is 75.3 Å². The number of benzene rings is 2. The van der Waals surface area contributed by atoms with Gasteiger partial charge in [0, 0.05) is 17.3 Å². The number of rotatable bonds is 5. The lowest BCUT2D eigenvalue weighted by molar-refractivity contribution is 0.102. The maximum Gasteiger partial charge on any atom is 0.255 e. The number of nitrogens with one attached hydrogen (secondary N) is 2. The van der Waals surface area contributed by atoms with Gasteiger partial charge in [-0.1, -0.05) is 24.3 Å². The summed E-state index contributed by atoms with van der Waals surface area (Å²) in [5, 5.41) is 2.84. The maximum absolute atomic E-state index is 12.6. The van der Waals surface area contributed by atoms with Crippen LogP contribution in [0.2, 0.25) is 0 Å². The zero-order valence-electron chi connectivity index (χ0n) is 13.7. The smallest absolute Gasteiger partial charge is 0.255 e. The van der Waals surface area contributed by atoms with Gasteiger partial charge < -0.3 is 5.32 Å². The fourth-order valence-corrected chi connectivity index (χ4v) is 3.74. The number of carbonyl (C=O) groups is 1. The van der Waals surface area contributed by atoms with Crippen molar-refractivity contribution in [3.63, 3.8) is 0 Å². The molecule has 1 fully saturated rings. The van der Waals surface area contributed by atoms with Crippen molar-refractivity contribution in [3.05, 3.63) is 59.2 Å². The standard InChI is InChI=1S/C18H20N2O3S/c1-12-7-10-15(24(22,23)20-14-8-9-14)11-16(12)18(21)19-17-6-4-3-5-13(17)2/h3-7,10-11,14,20H,8-9H2,1-2H3,(H,19,21). The molecular formula is C18H20N2O3S. The molecule has 0 bridgehead atoms. The largest absolute Gasteiger partial charge is 0.322 e. The van der Waals surface area contributed by atoms with Crippen molar-refractivity contribution >= 4 is 21.6 Å². The molecule has 2 aromatic carbocycles. The minimum absolute atomic E-state index is 0.0283. The Morgan fingerprint density at radius 2 is 1.75 bits per heavy atom. The normalized spacial score (nSPS) is 14.4. The van der Waals surface area contributed by atoms with E-state index in [1.54, 1.807) is 13.0 Å². The molecule has 2 aromatic rings. The first-order valence-electron chi connectivity index (χ1n) is 7.87. The molecule has 6 heteroatoms. The number of para-hydroxylation sites is 1. The number of aryl methyl sites for hydroxylation is 2. The second-order valence-electron chi connectivity index (χ2n) is 6.14. The lowest BCUT2D eigenvalue weighted by Crippen LogP contribution is -2.26. The van der Waals surface area contributed by atoms with Crippen molar-refractivity contribution < 1.29 is 13.2 Å². The third-order valence-electron chi connectivity index (χ3n) is 4.06. The van der Waals surface area contributed by atoms with E-state index in [1.165, 1.54) is 12.1 Å². The highest BCUT2D eigenvalue weighted by molar-refractivity contribution is 7.89. The molecule has 0 spiro atoms. The predicted molar refractivity (Wildman–Crippen MR) is 93.7 cm³/mol. The molecule has 1 saturated carbocycles. The Balaban J connectivity index is 1.88. The molecule has 0 heterocycles. The minimum Gasteiger partial charge on any atom is -0.322 e. The van der Waals surface area contributed by atoms with E-state index in [1.807, 2.05) is 31.2 Å². The summed E-state index contributed by atoms with van der Waals surface area (Å²) in [7, 11) is -3.58. The highest BCUT2D eigenvalue weighted by Crippen LogP contribution is 2.24. The summed E-state index contributed by atoms with van der Waals surface area (Å²) in [4.78, 5) is 12.7. The van der Waals surface area contributed by atoms with E-state index in [2.05, 4.69) is 10.0 Å². The summed E-state index contributed by atoms with van der Waals surface area (Å²) in [6, 6.07) is 12.1. The number of sulfonamides is 1. The predicted octanol–water partition coefficient (Wildman–Crippen LogP) is 3.00. The number of anilines is 1. The van der Waals surface area contributed by atoms with Gasteiger partial charge in [0.1, 0.15) is 0 Å². The summed E-state index contributed by atoms with van der Waals surface area (Å²) >= 11 is 0. The Bertz CT molecular complexity index is 887. The Morgan fingerprint density at radius 3 is 2.42 bits per heavy atom. The summed E-state index contributed by atoms with van der Waals surface area (Å²) < 4.78 is 27.3. The summed E-state index contributed by atoms with van der Waals surface area (Å²) in [6.07, 6.45) is 1.73. The van der Waals surface area contributed by atoms with Crippen molar-refractivity contribution in [2.45, 2.75) is 37.6 Å². The molecule has 1 aliphatic rings. The minimum atomic E-state index is -3.58. The maximum atomic E-state index is 12.6. The van der Waals surface area contributed by atoms with E-state index < -0.39 is 10.0 Å². The number of hydrogen-bond donors (Lipinski definition) is 2. The fraction of sp³-hybridized carbons (Fsp3) is 0.278. The van der Waals surface area contributed by atoms with Crippen LogP contribution in [0.15, 0.2) is 47.4 Å². The second kappa shape index (κ2) is 6.37. The van der Waals surface area contributed by atoms with Crippen LogP contribution >= 0.6 is 0 Å². The Morgan fingerprint density at radius 1 is 1.04 bits per heavy atom. The lowest BCUT2D eigenvalue weighted by Gasteiger charge is -2.12. The van der Waals surface area contributed by atoms with E-state index in [-0.39, 0.29) is 16.8 Å². The molecule has 0 aliphatic heterocycles. The van der Waals surface area contributed by atoms with E-state index in [0.717, 1.165) is 24.0 Å². The van der Waals surface area contributed by atoms with E-state index >= 15 is 0 Å². The zero-order valence-corrected chi connectivity index (χ0v) is 14.5. The molecule has 126 valence electrons. The summed E-state index contributed by atoms with van der Waals surface area (Å²) in [5.41, 5.74) is 2.75. The number of hydrogen-bond acceptors (Lipinski definition) is 3. The van der Waals surface area contributed by atoms with Gasteiger partial charge in [0.25, 0.3) is 5.91 Å². The van der Waals surface area contributed by atoms with Crippen LogP contribution in [0.5, 0.6) is 0 Å². The molecule has 1 amide bonds. The SMILES string of the molecule is Cc1ccccc1NC(=O)c1cc(S(=O)(=O)NC2CC2)ccc1C. The van der Waals surface area contributed by atoms with Crippen LogP contribution in [-0.2, 0) is 10.0 Å². The number of carbonyl (C=O) groups excluding carboxylic acids is 1. The average molecular weight is 344 g/mol. The molecule has 5 nitrogen and oxygen atoms in total. The van der Waals surface area contributed by atoms with Crippen molar-refractivity contribution in [1.82, 2.24) is 4.72 Å². The Hall–Kier alpha value is -2.18. The second-order valence-corrected chi connectivity index (χ2v) is 7.86. The molecule has 0 aromatic heterocycles. The van der Waals surface area contributed by atoms with Crippen LogP contribution in [0.25, 0.3) is 0 Å². The van der Waals surface area contributed by atoms with Gasteiger partial charge in [0.05, 0.1) is 4.90 Å². The van der Waals surface area contributed by atoms with Gasteiger partial charge in [-0.15, -0.1) is 0 Å². The molecule has 0 radical (unpaired) electrons. The van der Waals surface area contributed by atoms with Crippen molar-refractivity contribution in [2.75, 3.05) is 5.32 Å². The molecule has 3 rings (SSSR count). The highest BCUT2D eigenvalue weighted by atomic mass is 32.2. The summed E-state index contributed by atoms with van der Waals surface area (Å²) in [5.74, 6) is -0.315. The quantitative estimate of drug-likeness (QED) is 0.875. The monoisotopic (exact) mass is 344 g/mol. The molecule has 0 unspecified atom stereocenters. The molecule has 0 saturated heterocycles. The van der Waals surface area contributed by atoms with Gasteiger partial charge in [-0.3, -0.25) is 4.79 Å². The van der Waals surface area contributed by atoms with Crippen LogP contribution in [0, 0.1) is 13.8 Å². The zero-order chi connectivity index (χ0) is 17.3. The third-order valence-corrected chi connectivity index (χ3v) is 5.57. The van der Waals surface area contributed by atoms with Crippen LogP contribution in [0.1, 0.15) is 34.3 Å². The van der Waals surface area contributed by atoms with Gasteiger partial charge in [-0.25, -0.2) is 13.1 Å². The molecule has 2 N–H and O–H groups in total. The number of amides is 1.